The van der Waals surface area contributed by atoms with Gasteiger partial charge < -0.3 is 5.32 Å². The van der Waals surface area contributed by atoms with Crippen molar-refractivity contribution < 1.29 is 4.79 Å². The number of rotatable bonds is 2. The molecule has 1 atom stereocenters. The van der Waals surface area contributed by atoms with E-state index in [-0.39, 0.29) is 11.2 Å². The summed E-state index contributed by atoms with van der Waals surface area (Å²) < 4.78 is 1.75. The Labute approximate surface area is 161 Å². The van der Waals surface area contributed by atoms with E-state index in [4.69, 9.17) is 16.7 Å². The lowest BCUT2D eigenvalue weighted by molar-refractivity contribution is -0.113. The molecule has 4 rings (SSSR count). The fourth-order valence-electron chi connectivity index (χ4n) is 3.28. The molecule has 0 saturated heterocycles. The number of fused-ring (bicyclic) bond motifs is 1. The summed E-state index contributed by atoms with van der Waals surface area (Å²) >= 11 is 8.01. The highest BCUT2D eigenvalue weighted by Crippen LogP contribution is 2.44. The van der Waals surface area contributed by atoms with E-state index in [0.717, 1.165) is 16.9 Å². The van der Waals surface area contributed by atoms with Gasteiger partial charge in [0.2, 0.25) is 5.91 Å². The molecule has 0 fully saturated rings. The summed E-state index contributed by atoms with van der Waals surface area (Å²) in [6, 6.07) is 15.9. The highest BCUT2D eigenvalue weighted by atomic mass is 35.5. The van der Waals surface area contributed by atoms with Gasteiger partial charge in [0.05, 0.1) is 27.4 Å². The van der Waals surface area contributed by atoms with E-state index in [1.807, 2.05) is 31.2 Å². The molecule has 1 aliphatic heterocycles. The molecule has 0 bridgehead atoms. The highest BCUT2D eigenvalue weighted by molar-refractivity contribution is 8.00. The molecule has 1 amide bonds. The molecule has 0 radical (unpaired) electrons. The van der Waals surface area contributed by atoms with Gasteiger partial charge in [-0.3, -0.25) is 4.79 Å². The van der Waals surface area contributed by atoms with Crippen LogP contribution in [0.3, 0.4) is 0 Å². The van der Waals surface area contributed by atoms with E-state index in [2.05, 4.69) is 36.5 Å². The lowest BCUT2D eigenvalue weighted by Gasteiger charge is -2.16. The van der Waals surface area contributed by atoms with Gasteiger partial charge in [-0.25, -0.2) is 4.68 Å². The van der Waals surface area contributed by atoms with Crippen LogP contribution in [0.15, 0.2) is 48.5 Å². The van der Waals surface area contributed by atoms with E-state index in [1.54, 1.807) is 16.4 Å². The highest BCUT2D eigenvalue weighted by Gasteiger charge is 2.30. The van der Waals surface area contributed by atoms with Crippen LogP contribution >= 0.6 is 23.4 Å². The minimum atomic E-state index is -0.0281. The minimum absolute atomic E-state index is 0.0281. The van der Waals surface area contributed by atoms with Gasteiger partial charge in [-0.05, 0) is 31.5 Å². The van der Waals surface area contributed by atoms with Crippen molar-refractivity contribution in [1.29, 1.82) is 0 Å². The molecule has 6 heteroatoms. The third-order valence-electron chi connectivity index (χ3n) is 4.43. The van der Waals surface area contributed by atoms with Crippen LogP contribution in [0.1, 0.15) is 27.6 Å². The molecule has 1 N–H and O–H groups in total. The number of nitrogens with one attached hydrogen (secondary N) is 1. The van der Waals surface area contributed by atoms with Crippen LogP contribution in [0.25, 0.3) is 5.69 Å². The summed E-state index contributed by atoms with van der Waals surface area (Å²) in [6.07, 6.45) is 0. The molecule has 2 heterocycles. The number of aryl methyl sites for hydroxylation is 2. The number of nitrogens with zero attached hydrogens (tertiary/aromatic N) is 2. The van der Waals surface area contributed by atoms with Crippen molar-refractivity contribution in [3.63, 3.8) is 0 Å². The summed E-state index contributed by atoms with van der Waals surface area (Å²) in [7, 11) is 0. The van der Waals surface area contributed by atoms with Crippen LogP contribution in [0, 0.1) is 13.8 Å². The van der Waals surface area contributed by atoms with Crippen LogP contribution in [-0.2, 0) is 4.79 Å². The Balaban J connectivity index is 1.92. The number of hydrogen-bond acceptors (Lipinski definition) is 3. The van der Waals surface area contributed by atoms with Gasteiger partial charge in [0, 0.05) is 5.56 Å². The van der Waals surface area contributed by atoms with Crippen LogP contribution in [0.4, 0.5) is 5.82 Å². The number of carbonyl (C=O) groups is 1. The Kier molecular flexibility index (Phi) is 4.51. The Hall–Kier alpha value is -2.24. The van der Waals surface area contributed by atoms with Crippen LogP contribution in [0.5, 0.6) is 0 Å². The number of halogens is 1. The Bertz CT molecular complexity index is 998. The summed E-state index contributed by atoms with van der Waals surface area (Å²) in [5, 5.41) is 8.37. The van der Waals surface area contributed by atoms with Gasteiger partial charge in [0.25, 0.3) is 0 Å². The first-order valence-electron chi connectivity index (χ1n) is 8.37. The van der Waals surface area contributed by atoms with Crippen LogP contribution in [0.2, 0.25) is 5.02 Å². The van der Waals surface area contributed by atoms with Crippen LogP contribution in [-0.4, -0.2) is 21.4 Å². The van der Waals surface area contributed by atoms with Crippen molar-refractivity contribution in [2.45, 2.75) is 19.1 Å². The molecule has 1 aliphatic rings. The largest absolute Gasteiger partial charge is 0.310 e. The van der Waals surface area contributed by atoms with E-state index in [1.165, 1.54) is 11.1 Å². The number of amides is 1. The molecule has 4 nitrogen and oxygen atoms in total. The van der Waals surface area contributed by atoms with Crippen molar-refractivity contribution in [1.82, 2.24) is 9.78 Å². The SMILES string of the molecule is Cc1cccc(C2SCC(=O)Nc3c2c(C)nn3-c2ccccc2Cl)c1. The summed E-state index contributed by atoms with van der Waals surface area (Å²) in [5.74, 6) is 1.08. The average Bonchev–Trinajstić information content (AvgIpc) is 2.82. The van der Waals surface area contributed by atoms with E-state index in [0.29, 0.717) is 16.6 Å². The standard InChI is InChI=1S/C20H18ClN3OS/c1-12-6-5-7-14(10-12)19-18-13(2)23-24(16-9-4-3-8-15(16)21)20(18)22-17(25)11-26-19/h3-10,19H,11H2,1-2H3,(H,22,25). The average molecular weight is 384 g/mol. The summed E-state index contributed by atoms with van der Waals surface area (Å²) in [5.41, 5.74) is 5.06. The van der Waals surface area contributed by atoms with Gasteiger partial charge >= 0.3 is 0 Å². The Morgan fingerprint density at radius 1 is 1.19 bits per heavy atom. The van der Waals surface area contributed by atoms with Crippen molar-refractivity contribution in [2.24, 2.45) is 0 Å². The molecule has 26 heavy (non-hydrogen) atoms. The van der Waals surface area contributed by atoms with E-state index < -0.39 is 0 Å². The molecule has 0 saturated carbocycles. The quantitative estimate of drug-likeness (QED) is 0.683. The monoisotopic (exact) mass is 383 g/mol. The second-order valence-electron chi connectivity index (χ2n) is 6.36. The number of aromatic nitrogens is 2. The molecule has 3 aromatic rings. The number of thioether (sulfide) groups is 1. The predicted octanol–water partition coefficient (Wildman–Crippen LogP) is 4.92. The topological polar surface area (TPSA) is 46.9 Å². The molecule has 0 spiro atoms. The maximum Gasteiger partial charge on any atom is 0.235 e. The van der Waals surface area contributed by atoms with Crippen molar-refractivity contribution >= 4 is 35.1 Å². The lowest BCUT2D eigenvalue weighted by Crippen LogP contribution is -2.16. The number of anilines is 1. The third kappa shape index (κ3) is 3.02. The van der Waals surface area contributed by atoms with Crippen molar-refractivity contribution in [3.8, 4) is 5.69 Å². The first-order chi connectivity index (χ1) is 12.5. The zero-order valence-corrected chi connectivity index (χ0v) is 16.1. The van der Waals surface area contributed by atoms with Crippen molar-refractivity contribution in [2.75, 3.05) is 11.1 Å². The fraction of sp³-hybridized carbons (Fsp3) is 0.200. The molecular formula is C20H18ClN3OS. The lowest BCUT2D eigenvalue weighted by atomic mass is 10.0. The number of benzene rings is 2. The second kappa shape index (κ2) is 6.82. The first kappa shape index (κ1) is 17.2. The molecule has 2 aromatic carbocycles. The summed E-state index contributed by atoms with van der Waals surface area (Å²) in [6.45, 7) is 4.06. The fourth-order valence-corrected chi connectivity index (χ4v) is 4.67. The summed E-state index contributed by atoms with van der Waals surface area (Å²) in [4.78, 5) is 12.4. The number of hydrogen-bond donors (Lipinski definition) is 1. The molecule has 0 aliphatic carbocycles. The van der Waals surface area contributed by atoms with Gasteiger partial charge in [-0.1, -0.05) is 53.6 Å². The van der Waals surface area contributed by atoms with Gasteiger partial charge in [-0.15, -0.1) is 11.8 Å². The van der Waals surface area contributed by atoms with E-state index >= 15 is 0 Å². The first-order valence-corrected chi connectivity index (χ1v) is 9.79. The van der Waals surface area contributed by atoms with Gasteiger partial charge in [-0.2, -0.15) is 5.10 Å². The van der Waals surface area contributed by atoms with Crippen LogP contribution < -0.4 is 5.32 Å². The molecule has 1 aromatic heterocycles. The Morgan fingerprint density at radius 2 is 2.00 bits per heavy atom. The van der Waals surface area contributed by atoms with Crippen molar-refractivity contribution in [3.05, 3.63) is 75.9 Å². The maximum absolute atomic E-state index is 12.4. The smallest absolute Gasteiger partial charge is 0.235 e. The van der Waals surface area contributed by atoms with Gasteiger partial charge in [0.15, 0.2) is 0 Å². The predicted molar refractivity (Wildman–Crippen MR) is 107 cm³/mol. The molecule has 132 valence electrons. The number of para-hydroxylation sites is 1. The second-order valence-corrected chi connectivity index (χ2v) is 7.86. The Morgan fingerprint density at radius 3 is 2.77 bits per heavy atom. The molecule has 1 unspecified atom stereocenters. The molecular weight excluding hydrogens is 366 g/mol. The van der Waals surface area contributed by atoms with E-state index in [9.17, 15) is 4.79 Å². The normalized spacial score (nSPS) is 16.7. The number of carbonyl (C=O) groups excluding carboxylic acids is 1. The van der Waals surface area contributed by atoms with Gasteiger partial charge in [0.1, 0.15) is 5.82 Å². The maximum atomic E-state index is 12.4. The third-order valence-corrected chi connectivity index (χ3v) is 6.02. The minimum Gasteiger partial charge on any atom is -0.310 e. The zero-order valence-electron chi connectivity index (χ0n) is 14.5. The zero-order chi connectivity index (χ0) is 18.3.